The molecule has 2 aromatic rings. The molecule has 1 amide bonds. The van der Waals surface area contributed by atoms with Crippen LogP contribution in [-0.4, -0.2) is 44.9 Å². The number of aromatic nitrogens is 2. The van der Waals surface area contributed by atoms with E-state index in [1.807, 2.05) is 25.7 Å². The van der Waals surface area contributed by atoms with Crippen LogP contribution >= 0.6 is 0 Å². The van der Waals surface area contributed by atoms with Crippen LogP contribution in [0.2, 0.25) is 0 Å². The fourth-order valence-electron chi connectivity index (χ4n) is 3.35. The van der Waals surface area contributed by atoms with E-state index in [-0.39, 0.29) is 16.9 Å². The molecule has 0 saturated carbocycles. The molecule has 3 rings (SSSR count). The second-order valence-electron chi connectivity index (χ2n) is 8.14. The van der Waals surface area contributed by atoms with E-state index in [4.69, 9.17) is 5.11 Å². The number of carboxylic acids is 1. The summed E-state index contributed by atoms with van der Waals surface area (Å²) in [6, 6.07) is 6.60. The summed E-state index contributed by atoms with van der Waals surface area (Å²) in [6.45, 7) is 7.44. The molecule has 142 valence electrons. The average Bonchev–Trinajstić information content (AvgIpc) is 3.09. The third-order valence-electron chi connectivity index (χ3n) is 4.85. The normalized spacial score (nSPS) is 17.1. The van der Waals surface area contributed by atoms with E-state index < -0.39 is 5.97 Å². The molecule has 6 heteroatoms. The molecule has 0 bridgehead atoms. The zero-order valence-corrected chi connectivity index (χ0v) is 16.0. The number of hydrogen-bond acceptors (Lipinski definition) is 4. The van der Waals surface area contributed by atoms with Crippen molar-refractivity contribution >= 4 is 11.9 Å². The number of nitrogens with zero attached hydrogens (tertiary/aromatic N) is 3. The maximum Gasteiger partial charge on any atom is 0.335 e. The largest absolute Gasteiger partial charge is 0.478 e. The van der Waals surface area contributed by atoms with Crippen molar-refractivity contribution in [3.63, 3.8) is 0 Å². The zero-order chi connectivity index (χ0) is 19.6. The Morgan fingerprint density at radius 1 is 1.15 bits per heavy atom. The van der Waals surface area contributed by atoms with E-state index in [0.29, 0.717) is 11.6 Å². The number of carboxylic acid groups (broad SMARTS) is 1. The highest BCUT2D eigenvalue weighted by atomic mass is 16.4. The SMILES string of the molecule is CC(C)(C)C(=O)N1CCC(Cc2cnc(-c3ccc(C(=O)O)cc3)cn2)C1. The molecule has 2 heterocycles. The standard InChI is InChI=1S/C21H25N3O3/c1-21(2,3)20(27)24-9-8-14(13-24)10-17-11-23-18(12-22-17)15-4-6-16(7-5-15)19(25)26/h4-7,11-12,14H,8-10,13H2,1-3H3,(H,25,26). The van der Waals surface area contributed by atoms with Gasteiger partial charge in [-0.15, -0.1) is 0 Å². The topological polar surface area (TPSA) is 83.4 Å². The number of hydrogen-bond donors (Lipinski definition) is 1. The molecule has 1 fully saturated rings. The number of carbonyl (C=O) groups is 2. The first-order chi connectivity index (χ1) is 12.7. The van der Waals surface area contributed by atoms with Gasteiger partial charge in [0.1, 0.15) is 0 Å². The Morgan fingerprint density at radius 3 is 2.41 bits per heavy atom. The van der Waals surface area contributed by atoms with Crippen molar-refractivity contribution in [2.45, 2.75) is 33.6 Å². The predicted molar refractivity (Wildman–Crippen MR) is 102 cm³/mol. The quantitative estimate of drug-likeness (QED) is 0.897. The lowest BCUT2D eigenvalue weighted by molar-refractivity contribution is -0.138. The van der Waals surface area contributed by atoms with Gasteiger partial charge in [-0.1, -0.05) is 32.9 Å². The summed E-state index contributed by atoms with van der Waals surface area (Å²) in [5.74, 6) is -0.332. The van der Waals surface area contributed by atoms with E-state index in [1.54, 1.807) is 36.7 Å². The number of rotatable bonds is 4. The Balaban J connectivity index is 1.61. The Morgan fingerprint density at radius 2 is 1.85 bits per heavy atom. The van der Waals surface area contributed by atoms with Crippen LogP contribution in [0.5, 0.6) is 0 Å². The van der Waals surface area contributed by atoms with Crippen LogP contribution in [0.15, 0.2) is 36.7 Å². The monoisotopic (exact) mass is 367 g/mol. The van der Waals surface area contributed by atoms with Crippen molar-refractivity contribution in [3.8, 4) is 11.3 Å². The molecular weight excluding hydrogens is 342 g/mol. The first-order valence-corrected chi connectivity index (χ1v) is 9.18. The van der Waals surface area contributed by atoms with Gasteiger partial charge in [0, 0.05) is 30.3 Å². The highest BCUT2D eigenvalue weighted by Gasteiger charge is 2.32. The van der Waals surface area contributed by atoms with Gasteiger partial charge >= 0.3 is 5.97 Å². The minimum Gasteiger partial charge on any atom is -0.478 e. The molecule has 1 N–H and O–H groups in total. The molecule has 1 aliphatic heterocycles. The second-order valence-corrected chi connectivity index (χ2v) is 8.14. The number of benzene rings is 1. The third kappa shape index (κ3) is 4.51. The fraction of sp³-hybridized carbons (Fsp3) is 0.429. The smallest absolute Gasteiger partial charge is 0.335 e. The number of amides is 1. The molecule has 1 aromatic heterocycles. The molecule has 1 atom stereocenters. The van der Waals surface area contributed by atoms with E-state index in [9.17, 15) is 9.59 Å². The fourth-order valence-corrected chi connectivity index (χ4v) is 3.35. The van der Waals surface area contributed by atoms with Gasteiger partial charge in [-0.25, -0.2) is 4.79 Å². The summed E-state index contributed by atoms with van der Waals surface area (Å²) < 4.78 is 0. The summed E-state index contributed by atoms with van der Waals surface area (Å²) in [7, 11) is 0. The summed E-state index contributed by atoms with van der Waals surface area (Å²) in [5.41, 5.74) is 2.37. The summed E-state index contributed by atoms with van der Waals surface area (Å²) >= 11 is 0. The van der Waals surface area contributed by atoms with Gasteiger partial charge in [0.15, 0.2) is 0 Å². The molecule has 27 heavy (non-hydrogen) atoms. The summed E-state index contributed by atoms with van der Waals surface area (Å²) in [6.07, 6.45) is 5.29. The summed E-state index contributed by atoms with van der Waals surface area (Å²) in [4.78, 5) is 34.3. The second kappa shape index (κ2) is 7.47. The zero-order valence-electron chi connectivity index (χ0n) is 16.0. The van der Waals surface area contributed by atoms with Crippen molar-refractivity contribution in [3.05, 3.63) is 47.9 Å². The van der Waals surface area contributed by atoms with Gasteiger partial charge in [-0.3, -0.25) is 14.8 Å². The maximum absolute atomic E-state index is 12.4. The highest BCUT2D eigenvalue weighted by Crippen LogP contribution is 2.26. The molecule has 1 unspecified atom stereocenters. The van der Waals surface area contributed by atoms with Crippen LogP contribution in [0.4, 0.5) is 0 Å². The Kier molecular flexibility index (Phi) is 5.26. The minimum atomic E-state index is -0.946. The highest BCUT2D eigenvalue weighted by molar-refractivity contribution is 5.88. The van der Waals surface area contributed by atoms with Gasteiger partial charge in [0.05, 0.1) is 23.1 Å². The Bertz CT molecular complexity index is 823. The first kappa shape index (κ1) is 19.0. The van der Waals surface area contributed by atoms with Crippen LogP contribution in [0.25, 0.3) is 11.3 Å². The third-order valence-corrected chi connectivity index (χ3v) is 4.85. The van der Waals surface area contributed by atoms with E-state index in [0.717, 1.165) is 37.2 Å². The Labute approximate surface area is 159 Å². The lowest BCUT2D eigenvalue weighted by Crippen LogP contribution is -2.38. The molecule has 0 spiro atoms. The molecular formula is C21H25N3O3. The lowest BCUT2D eigenvalue weighted by Gasteiger charge is -2.25. The predicted octanol–water partition coefficient (Wildman–Crippen LogP) is 3.28. The van der Waals surface area contributed by atoms with Gasteiger partial charge in [-0.05, 0) is 30.9 Å². The van der Waals surface area contributed by atoms with Crippen molar-refractivity contribution in [2.24, 2.45) is 11.3 Å². The van der Waals surface area contributed by atoms with Gasteiger partial charge in [0.2, 0.25) is 5.91 Å². The average molecular weight is 367 g/mol. The molecule has 1 aliphatic rings. The Hall–Kier alpha value is -2.76. The molecule has 1 aromatic carbocycles. The van der Waals surface area contributed by atoms with E-state index in [1.165, 1.54) is 0 Å². The van der Waals surface area contributed by atoms with Crippen LogP contribution in [0, 0.1) is 11.3 Å². The van der Waals surface area contributed by atoms with Crippen molar-refractivity contribution in [1.82, 2.24) is 14.9 Å². The van der Waals surface area contributed by atoms with Gasteiger partial charge in [0.25, 0.3) is 0 Å². The van der Waals surface area contributed by atoms with Gasteiger partial charge in [-0.2, -0.15) is 0 Å². The van der Waals surface area contributed by atoms with Crippen LogP contribution in [0.1, 0.15) is 43.2 Å². The van der Waals surface area contributed by atoms with Gasteiger partial charge < -0.3 is 10.0 Å². The number of carbonyl (C=O) groups excluding carboxylic acids is 1. The van der Waals surface area contributed by atoms with Crippen LogP contribution in [-0.2, 0) is 11.2 Å². The van der Waals surface area contributed by atoms with Crippen LogP contribution in [0.3, 0.4) is 0 Å². The molecule has 1 saturated heterocycles. The van der Waals surface area contributed by atoms with Crippen molar-refractivity contribution in [2.75, 3.05) is 13.1 Å². The first-order valence-electron chi connectivity index (χ1n) is 9.18. The maximum atomic E-state index is 12.4. The molecule has 6 nitrogen and oxygen atoms in total. The number of likely N-dealkylation sites (tertiary alicyclic amines) is 1. The minimum absolute atomic E-state index is 0.205. The number of aromatic carboxylic acids is 1. The van der Waals surface area contributed by atoms with E-state index >= 15 is 0 Å². The van der Waals surface area contributed by atoms with Crippen molar-refractivity contribution < 1.29 is 14.7 Å². The summed E-state index contributed by atoms with van der Waals surface area (Å²) in [5, 5.41) is 8.96. The lowest BCUT2D eigenvalue weighted by atomic mass is 9.95. The van der Waals surface area contributed by atoms with Crippen LogP contribution < -0.4 is 0 Å². The van der Waals surface area contributed by atoms with Crippen molar-refractivity contribution in [1.29, 1.82) is 0 Å². The molecule has 0 aliphatic carbocycles. The molecule has 0 radical (unpaired) electrons. The van der Waals surface area contributed by atoms with E-state index in [2.05, 4.69) is 9.97 Å².